The fraction of sp³-hybridized carbons (Fsp3) is 0.250. The van der Waals surface area contributed by atoms with Gasteiger partial charge in [-0.2, -0.15) is 0 Å². The second kappa shape index (κ2) is 11.1. The Kier molecular flexibility index (Phi) is 8.26. The van der Waals surface area contributed by atoms with E-state index in [1.54, 1.807) is 13.2 Å². The summed E-state index contributed by atoms with van der Waals surface area (Å²) < 4.78 is 12.2. The highest BCUT2D eigenvalue weighted by Gasteiger charge is 2.08. The Morgan fingerprint density at radius 1 is 1.19 bits per heavy atom. The third kappa shape index (κ3) is 6.94. The average molecular weight is 501 g/mol. The maximum atomic E-state index is 12.3. The summed E-state index contributed by atoms with van der Waals surface area (Å²) in [6, 6.07) is 13.5. The number of nitrogens with one attached hydrogen (secondary N) is 1. The first-order valence-corrected chi connectivity index (χ1v) is 11.6. The molecule has 0 atom stereocenters. The first-order valence-electron chi connectivity index (χ1n) is 9.96. The Bertz CT molecular complexity index is 1050. The van der Waals surface area contributed by atoms with Gasteiger partial charge >= 0.3 is 0 Å². The Labute approximate surface area is 195 Å². The van der Waals surface area contributed by atoms with Gasteiger partial charge in [0.2, 0.25) is 5.91 Å². The zero-order valence-corrected chi connectivity index (χ0v) is 20.1. The summed E-state index contributed by atoms with van der Waals surface area (Å²) in [6.07, 6.45) is 4.19. The highest BCUT2D eigenvalue weighted by molar-refractivity contribution is 9.10. The molecule has 0 aliphatic carbocycles. The standard InChI is InChI=1S/C24H25BrN2O3S/c1-16(2)12-13-30-21-10-4-17(14-22(21)29-3)5-11-23(28)27-24-26-20(15-31-24)18-6-8-19(25)9-7-18/h4-11,14-16H,12-13H2,1-3H3,(H,26,27,28)/b11-5+. The number of carbonyl (C=O) groups excluding carboxylic acids is 1. The van der Waals surface area contributed by atoms with Crippen LogP contribution in [-0.4, -0.2) is 24.6 Å². The molecule has 3 aromatic rings. The van der Waals surface area contributed by atoms with Gasteiger partial charge in [0.1, 0.15) is 0 Å². The lowest BCUT2D eigenvalue weighted by molar-refractivity contribution is -0.111. The molecule has 0 fully saturated rings. The second-order valence-corrected chi connectivity index (χ2v) is 9.08. The molecule has 0 radical (unpaired) electrons. The topological polar surface area (TPSA) is 60.5 Å². The molecule has 7 heteroatoms. The lowest BCUT2D eigenvalue weighted by Gasteiger charge is -2.12. The van der Waals surface area contributed by atoms with E-state index in [-0.39, 0.29) is 5.91 Å². The molecule has 0 unspecified atom stereocenters. The maximum Gasteiger partial charge on any atom is 0.250 e. The number of ether oxygens (including phenoxy) is 2. The van der Waals surface area contributed by atoms with Gasteiger partial charge in [0.15, 0.2) is 16.6 Å². The van der Waals surface area contributed by atoms with Crippen molar-refractivity contribution in [3.8, 4) is 22.8 Å². The molecule has 0 aliphatic heterocycles. The molecule has 31 heavy (non-hydrogen) atoms. The van der Waals surface area contributed by atoms with Crippen molar-refractivity contribution in [1.29, 1.82) is 0 Å². The molecule has 1 amide bonds. The smallest absolute Gasteiger partial charge is 0.250 e. The third-order valence-electron chi connectivity index (χ3n) is 4.44. The van der Waals surface area contributed by atoms with Crippen molar-refractivity contribution >= 4 is 44.4 Å². The van der Waals surface area contributed by atoms with Crippen LogP contribution in [0.5, 0.6) is 11.5 Å². The zero-order valence-electron chi connectivity index (χ0n) is 17.7. The highest BCUT2D eigenvalue weighted by atomic mass is 79.9. The van der Waals surface area contributed by atoms with E-state index >= 15 is 0 Å². The number of anilines is 1. The van der Waals surface area contributed by atoms with Gasteiger partial charge in [0, 0.05) is 21.5 Å². The van der Waals surface area contributed by atoms with Crippen molar-refractivity contribution in [1.82, 2.24) is 4.98 Å². The zero-order chi connectivity index (χ0) is 22.2. The second-order valence-electron chi connectivity index (χ2n) is 7.31. The minimum Gasteiger partial charge on any atom is -0.493 e. The number of halogens is 1. The van der Waals surface area contributed by atoms with Crippen LogP contribution in [-0.2, 0) is 4.79 Å². The maximum absolute atomic E-state index is 12.3. The number of hydrogen-bond donors (Lipinski definition) is 1. The summed E-state index contributed by atoms with van der Waals surface area (Å²) in [4.78, 5) is 16.8. The van der Waals surface area contributed by atoms with Crippen LogP contribution in [0, 0.1) is 5.92 Å². The summed E-state index contributed by atoms with van der Waals surface area (Å²) in [7, 11) is 1.61. The van der Waals surface area contributed by atoms with Crippen LogP contribution in [0.15, 0.2) is 58.4 Å². The summed E-state index contributed by atoms with van der Waals surface area (Å²) in [5.74, 6) is 1.68. The van der Waals surface area contributed by atoms with E-state index < -0.39 is 0 Å². The summed E-state index contributed by atoms with van der Waals surface area (Å²) in [5.41, 5.74) is 2.67. The van der Waals surface area contributed by atoms with Crippen LogP contribution in [0.1, 0.15) is 25.8 Å². The van der Waals surface area contributed by atoms with Crippen LogP contribution in [0.25, 0.3) is 17.3 Å². The number of aromatic nitrogens is 1. The number of thiazole rings is 1. The Balaban J connectivity index is 1.60. The van der Waals surface area contributed by atoms with Gasteiger partial charge in [-0.25, -0.2) is 4.98 Å². The van der Waals surface area contributed by atoms with Gasteiger partial charge in [-0.3, -0.25) is 10.1 Å². The molecule has 0 saturated heterocycles. The fourth-order valence-electron chi connectivity index (χ4n) is 2.72. The van der Waals surface area contributed by atoms with E-state index in [4.69, 9.17) is 9.47 Å². The molecule has 1 heterocycles. The molecule has 0 spiro atoms. The molecule has 0 aliphatic rings. The predicted molar refractivity (Wildman–Crippen MR) is 131 cm³/mol. The van der Waals surface area contributed by atoms with Crippen molar-refractivity contribution in [2.75, 3.05) is 19.0 Å². The number of amides is 1. The largest absolute Gasteiger partial charge is 0.493 e. The summed E-state index contributed by atoms with van der Waals surface area (Å²) in [5, 5.41) is 5.29. The fourth-order valence-corrected chi connectivity index (χ4v) is 3.70. The molecule has 5 nitrogen and oxygen atoms in total. The van der Waals surface area contributed by atoms with Gasteiger partial charge in [-0.1, -0.05) is 48.0 Å². The molecule has 1 aromatic heterocycles. The van der Waals surface area contributed by atoms with E-state index in [0.717, 1.165) is 27.7 Å². The normalized spacial score (nSPS) is 11.1. The first kappa shape index (κ1) is 23.0. The third-order valence-corrected chi connectivity index (χ3v) is 5.73. The lowest BCUT2D eigenvalue weighted by Crippen LogP contribution is -2.07. The van der Waals surface area contributed by atoms with Gasteiger partial charge in [0.25, 0.3) is 0 Å². The molecular weight excluding hydrogens is 476 g/mol. The Hall–Kier alpha value is -2.64. The molecule has 0 saturated carbocycles. The van der Waals surface area contributed by atoms with Crippen molar-refractivity contribution in [3.05, 3.63) is 64.0 Å². The number of hydrogen-bond acceptors (Lipinski definition) is 5. The van der Waals surface area contributed by atoms with Crippen molar-refractivity contribution in [2.24, 2.45) is 5.92 Å². The molecular formula is C24H25BrN2O3S. The van der Waals surface area contributed by atoms with Crippen LogP contribution < -0.4 is 14.8 Å². The van der Waals surface area contributed by atoms with Crippen LogP contribution >= 0.6 is 27.3 Å². The molecule has 1 N–H and O–H groups in total. The highest BCUT2D eigenvalue weighted by Crippen LogP contribution is 2.29. The first-order chi connectivity index (χ1) is 14.9. The number of rotatable bonds is 9. The molecule has 2 aromatic carbocycles. The average Bonchev–Trinajstić information content (AvgIpc) is 3.21. The minimum atomic E-state index is -0.243. The number of methoxy groups -OCH3 is 1. The monoisotopic (exact) mass is 500 g/mol. The Morgan fingerprint density at radius 3 is 2.68 bits per heavy atom. The van der Waals surface area contributed by atoms with Gasteiger partial charge in [0.05, 0.1) is 19.4 Å². The quantitative estimate of drug-likeness (QED) is 0.333. The molecule has 3 rings (SSSR count). The van der Waals surface area contributed by atoms with Crippen molar-refractivity contribution in [3.63, 3.8) is 0 Å². The van der Waals surface area contributed by atoms with Crippen LogP contribution in [0.4, 0.5) is 5.13 Å². The van der Waals surface area contributed by atoms with Crippen LogP contribution in [0.3, 0.4) is 0 Å². The molecule has 162 valence electrons. The Morgan fingerprint density at radius 2 is 1.97 bits per heavy atom. The number of benzene rings is 2. The predicted octanol–water partition coefficient (Wildman–Crippen LogP) is 6.66. The summed E-state index contributed by atoms with van der Waals surface area (Å²) >= 11 is 4.82. The van der Waals surface area contributed by atoms with Gasteiger partial charge < -0.3 is 9.47 Å². The van der Waals surface area contributed by atoms with E-state index in [2.05, 4.69) is 40.1 Å². The van der Waals surface area contributed by atoms with Crippen LogP contribution in [0.2, 0.25) is 0 Å². The van der Waals surface area contributed by atoms with Gasteiger partial charge in [-0.15, -0.1) is 11.3 Å². The van der Waals surface area contributed by atoms with E-state index in [1.807, 2.05) is 47.8 Å². The van der Waals surface area contributed by atoms with Crippen molar-refractivity contribution < 1.29 is 14.3 Å². The van der Waals surface area contributed by atoms with E-state index in [1.165, 1.54) is 17.4 Å². The molecule has 0 bridgehead atoms. The minimum absolute atomic E-state index is 0.243. The van der Waals surface area contributed by atoms with E-state index in [9.17, 15) is 4.79 Å². The summed E-state index contributed by atoms with van der Waals surface area (Å²) in [6.45, 7) is 4.96. The SMILES string of the molecule is COc1cc(/C=C/C(=O)Nc2nc(-c3ccc(Br)cc3)cs2)ccc1OCCC(C)C. The lowest BCUT2D eigenvalue weighted by atomic mass is 10.1. The van der Waals surface area contributed by atoms with Gasteiger partial charge in [-0.05, 0) is 48.2 Å². The number of carbonyl (C=O) groups is 1. The van der Waals surface area contributed by atoms with Crippen molar-refractivity contribution in [2.45, 2.75) is 20.3 Å². The number of nitrogens with zero attached hydrogens (tertiary/aromatic N) is 1. The van der Waals surface area contributed by atoms with E-state index in [0.29, 0.717) is 29.2 Å².